The highest BCUT2D eigenvalue weighted by molar-refractivity contribution is 5.88. The van der Waals surface area contributed by atoms with Crippen molar-refractivity contribution in [2.24, 2.45) is 5.11 Å². The lowest BCUT2D eigenvalue weighted by Crippen LogP contribution is -2.58. The van der Waals surface area contributed by atoms with Gasteiger partial charge in [0.25, 0.3) is 0 Å². The molecule has 0 bridgehead atoms. The highest BCUT2D eigenvalue weighted by Gasteiger charge is 2.33. The summed E-state index contributed by atoms with van der Waals surface area (Å²) >= 11 is 0. The molecule has 40 heavy (non-hydrogen) atoms. The van der Waals surface area contributed by atoms with Gasteiger partial charge in [0.15, 0.2) is 11.6 Å². The Morgan fingerprint density at radius 2 is 1.93 bits per heavy atom. The molecule has 1 fully saturated rings. The van der Waals surface area contributed by atoms with Crippen LogP contribution in [-0.2, 0) is 4.79 Å². The summed E-state index contributed by atoms with van der Waals surface area (Å²) in [5, 5.41) is 9.54. The van der Waals surface area contributed by atoms with E-state index in [0.29, 0.717) is 64.9 Å². The first-order valence-electron chi connectivity index (χ1n) is 12.8. The SMILES string of the molecule is CNc1ccc(Oc2ccc(Nc3ncnc4ccc(N5CCN(C=O)C(C)(C)C5)nc34)c(F)c2C)cc1N=N. The Bertz CT molecular complexity index is 1590. The molecule has 0 atom stereocenters. The molecule has 0 aliphatic carbocycles. The molecule has 1 aliphatic heterocycles. The number of pyridine rings is 1. The number of nitrogens with one attached hydrogen (secondary N) is 3. The number of fused-ring (bicyclic) bond motifs is 1. The third-order valence-corrected chi connectivity index (χ3v) is 7.06. The Hall–Kier alpha value is -4.87. The number of hydrogen-bond donors (Lipinski definition) is 3. The van der Waals surface area contributed by atoms with Crippen LogP contribution in [0.15, 0.2) is 53.9 Å². The smallest absolute Gasteiger partial charge is 0.210 e. The first-order valence-corrected chi connectivity index (χ1v) is 12.8. The number of hydrogen-bond acceptors (Lipinski definition) is 10. The number of aromatic nitrogens is 3. The normalized spacial score (nSPS) is 14.6. The van der Waals surface area contributed by atoms with E-state index in [1.807, 2.05) is 26.0 Å². The monoisotopic (exact) mass is 543 g/mol. The van der Waals surface area contributed by atoms with E-state index in [4.69, 9.17) is 15.3 Å². The van der Waals surface area contributed by atoms with E-state index in [2.05, 4.69) is 30.6 Å². The average Bonchev–Trinajstić information content (AvgIpc) is 2.96. The van der Waals surface area contributed by atoms with Gasteiger partial charge in [0.1, 0.15) is 34.8 Å². The Morgan fingerprint density at radius 1 is 1.12 bits per heavy atom. The van der Waals surface area contributed by atoms with Gasteiger partial charge in [-0.25, -0.2) is 24.9 Å². The molecule has 0 spiro atoms. The molecule has 0 saturated carbocycles. The molecular weight excluding hydrogens is 513 g/mol. The van der Waals surface area contributed by atoms with Gasteiger partial charge in [0.05, 0.1) is 22.4 Å². The molecule has 206 valence electrons. The third kappa shape index (κ3) is 5.07. The molecule has 4 aromatic rings. The van der Waals surface area contributed by atoms with Crippen LogP contribution in [0, 0.1) is 18.3 Å². The number of anilines is 4. The van der Waals surface area contributed by atoms with Gasteiger partial charge in [-0.15, -0.1) is 0 Å². The van der Waals surface area contributed by atoms with E-state index in [1.165, 1.54) is 6.33 Å². The quantitative estimate of drug-likeness (QED) is 0.189. The van der Waals surface area contributed by atoms with Crippen molar-refractivity contribution in [1.29, 1.82) is 5.53 Å². The van der Waals surface area contributed by atoms with E-state index < -0.39 is 5.82 Å². The maximum Gasteiger partial charge on any atom is 0.210 e. The number of benzene rings is 2. The van der Waals surface area contributed by atoms with Gasteiger partial charge in [0, 0.05) is 38.3 Å². The van der Waals surface area contributed by atoms with Crippen molar-refractivity contribution in [2.75, 3.05) is 42.2 Å². The zero-order valence-electron chi connectivity index (χ0n) is 22.7. The van der Waals surface area contributed by atoms with Crippen LogP contribution < -0.4 is 20.3 Å². The van der Waals surface area contributed by atoms with Crippen LogP contribution in [0.3, 0.4) is 0 Å². The second-order valence-corrected chi connectivity index (χ2v) is 10.1. The van der Waals surface area contributed by atoms with Gasteiger partial charge >= 0.3 is 0 Å². The molecule has 3 heterocycles. The molecule has 11 nitrogen and oxygen atoms in total. The van der Waals surface area contributed by atoms with Crippen LogP contribution in [0.1, 0.15) is 19.4 Å². The highest BCUT2D eigenvalue weighted by atomic mass is 19.1. The number of piperazine rings is 1. The van der Waals surface area contributed by atoms with E-state index in [9.17, 15) is 4.79 Å². The highest BCUT2D eigenvalue weighted by Crippen LogP contribution is 2.36. The Balaban J connectivity index is 1.41. The van der Waals surface area contributed by atoms with Gasteiger partial charge in [-0.2, -0.15) is 5.11 Å². The largest absolute Gasteiger partial charge is 0.457 e. The standard InChI is InChI=1S/C28H30FN9O2/c1-17-23(40-18-5-6-19(31-4)22(13-18)36-30)9-7-20(25(17)29)34-27-26-21(32-15-33-27)8-10-24(35-26)37-11-12-38(16-39)28(2,3)14-37/h5-10,13,15-16,30-31H,11-12,14H2,1-4H3,(H,32,33,34). The van der Waals surface area contributed by atoms with Crippen molar-refractivity contribution < 1.29 is 13.9 Å². The van der Waals surface area contributed by atoms with Gasteiger partial charge in [-0.3, -0.25) is 4.79 Å². The lowest BCUT2D eigenvalue weighted by molar-refractivity contribution is -0.123. The summed E-state index contributed by atoms with van der Waals surface area (Å²) in [6, 6.07) is 12.1. The van der Waals surface area contributed by atoms with Crippen molar-refractivity contribution in [1.82, 2.24) is 19.9 Å². The molecule has 0 unspecified atom stereocenters. The van der Waals surface area contributed by atoms with Crippen molar-refractivity contribution in [3.63, 3.8) is 0 Å². The average molecular weight is 544 g/mol. The minimum atomic E-state index is -0.496. The van der Waals surface area contributed by atoms with Gasteiger partial charge in [-0.05, 0) is 57.2 Å². The first-order chi connectivity index (χ1) is 19.2. The second-order valence-electron chi connectivity index (χ2n) is 10.1. The lowest BCUT2D eigenvalue weighted by Gasteiger charge is -2.45. The number of carbonyl (C=O) groups excluding carboxylic acids is 1. The van der Waals surface area contributed by atoms with E-state index >= 15 is 4.39 Å². The zero-order valence-corrected chi connectivity index (χ0v) is 22.7. The molecule has 2 aromatic heterocycles. The summed E-state index contributed by atoms with van der Waals surface area (Å²) in [5.74, 6) is 1.37. The van der Waals surface area contributed by atoms with Crippen LogP contribution in [-0.4, -0.2) is 58.5 Å². The molecule has 1 saturated heterocycles. The van der Waals surface area contributed by atoms with Crippen LogP contribution in [0.25, 0.3) is 11.0 Å². The first kappa shape index (κ1) is 26.7. The van der Waals surface area contributed by atoms with Crippen molar-refractivity contribution >= 4 is 46.1 Å². The van der Waals surface area contributed by atoms with E-state index in [1.54, 1.807) is 49.2 Å². The van der Waals surface area contributed by atoms with E-state index in [0.717, 1.165) is 12.2 Å². The summed E-state index contributed by atoms with van der Waals surface area (Å²) in [5.41, 5.74) is 9.75. The Morgan fingerprint density at radius 3 is 2.65 bits per heavy atom. The third-order valence-electron chi connectivity index (χ3n) is 7.06. The fourth-order valence-corrected chi connectivity index (χ4v) is 4.76. The predicted octanol–water partition coefficient (Wildman–Crippen LogP) is 5.77. The second kappa shape index (κ2) is 10.7. The number of rotatable bonds is 8. The fraction of sp³-hybridized carbons (Fsp3) is 0.286. The number of carbonyl (C=O) groups is 1. The van der Waals surface area contributed by atoms with Crippen LogP contribution >= 0.6 is 0 Å². The van der Waals surface area contributed by atoms with Gasteiger partial charge in [0.2, 0.25) is 6.41 Å². The van der Waals surface area contributed by atoms with Gasteiger partial charge < -0.3 is 25.2 Å². The Labute approximate surface area is 230 Å². The predicted molar refractivity (Wildman–Crippen MR) is 152 cm³/mol. The number of halogens is 1. The summed E-state index contributed by atoms with van der Waals surface area (Å²) in [7, 11) is 1.74. The lowest BCUT2D eigenvalue weighted by atomic mass is 9.99. The van der Waals surface area contributed by atoms with Crippen molar-refractivity contribution in [3.8, 4) is 11.5 Å². The molecule has 5 rings (SSSR count). The minimum absolute atomic E-state index is 0.213. The number of amides is 1. The maximum absolute atomic E-state index is 15.5. The summed E-state index contributed by atoms with van der Waals surface area (Å²) in [6.07, 6.45) is 2.29. The van der Waals surface area contributed by atoms with Crippen molar-refractivity contribution in [3.05, 3.63) is 60.2 Å². The molecule has 3 N–H and O–H groups in total. The molecule has 12 heteroatoms. The fourth-order valence-electron chi connectivity index (χ4n) is 4.76. The maximum atomic E-state index is 15.5. The molecule has 0 radical (unpaired) electrons. The Kier molecular flexibility index (Phi) is 7.16. The van der Waals surface area contributed by atoms with Crippen LogP contribution in [0.4, 0.5) is 33.1 Å². The molecule has 1 aliphatic rings. The minimum Gasteiger partial charge on any atom is -0.457 e. The van der Waals surface area contributed by atoms with Gasteiger partial charge in [-0.1, -0.05) is 0 Å². The van der Waals surface area contributed by atoms with Crippen molar-refractivity contribution in [2.45, 2.75) is 26.3 Å². The zero-order chi connectivity index (χ0) is 28.4. The molecular formula is C28H30FN9O2. The summed E-state index contributed by atoms with van der Waals surface area (Å²) in [6.45, 7) is 7.51. The molecule has 1 amide bonds. The summed E-state index contributed by atoms with van der Waals surface area (Å²) in [4.78, 5) is 28.8. The summed E-state index contributed by atoms with van der Waals surface area (Å²) < 4.78 is 21.4. The number of ether oxygens (including phenoxy) is 1. The van der Waals surface area contributed by atoms with E-state index in [-0.39, 0.29) is 11.2 Å². The topological polar surface area (TPSA) is 132 Å². The molecule has 2 aromatic carbocycles. The number of nitrogens with zero attached hydrogens (tertiary/aromatic N) is 6. The van der Waals surface area contributed by atoms with Crippen LogP contribution in [0.5, 0.6) is 11.5 Å². The van der Waals surface area contributed by atoms with Crippen LogP contribution in [0.2, 0.25) is 0 Å².